The van der Waals surface area contributed by atoms with Crippen LogP contribution in [0.4, 0.5) is 45.5 Å². The smallest absolute Gasteiger partial charge is 0.425 e. The minimum atomic E-state index is -5.52. The Morgan fingerprint density at radius 2 is 1.04 bits per heavy atom. The lowest BCUT2D eigenvalue weighted by Gasteiger charge is -2.13. The molecule has 0 amide bonds. The number of hydrogen-bond acceptors (Lipinski definition) is 26. The van der Waals surface area contributed by atoms with Crippen LogP contribution in [0.25, 0.3) is 21.5 Å². The molecule has 0 aromatic heterocycles. The van der Waals surface area contributed by atoms with Crippen LogP contribution in [0.3, 0.4) is 0 Å². The summed E-state index contributed by atoms with van der Waals surface area (Å²) in [5.74, 6) is -1.52. The number of phenolic OH excluding ortho intramolecular Hbond substituents is 2. The number of nitrogens with two attached hydrogens (primary N) is 1. The average Bonchev–Trinajstić information content (AvgIpc) is 3.23. The summed E-state index contributed by atoms with van der Waals surface area (Å²) in [5, 5.41) is 53.8. The zero-order chi connectivity index (χ0) is 52.8. The standard InChI is InChI=1S/C33H24N8O17S4.2O3S/c1-58-18-6-3-16(4-7-18)35-40-30-26(61(52,53)54)14-20-19(31(30)42)8-11-23(33(20)62(55,56)57)38-39-29-25(60(49,50)51)12-15-2-9-22(32(43)27(15)28(29)34)37-36-21-10-5-17(41(44)45)13-24(21)59(46,47)48;2*1-4(2)3/h2-14,42-43H,34H2,1H3,(H,46,47,48)(H,49,50,51)(H,52,53,54)(H,55,56,57);;. The van der Waals surface area contributed by atoms with Gasteiger partial charge in [-0.1, -0.05) is 6.07 Å². The molecule has 6 aromatic carbocycles. The molecular weight excluding hydrogens is 1070 g/mol. The van der Waals surface area contributed by atoms with Gasteiger partial charge < -0.3 is 20.7 Å². The molecule has 0 spiro atoms. The maximum Gasteiger partial charge on any atom is 0.425 e. The van der Waals surface area contributed by atoms with Gasteiger partial charge >= 0.3 is 21.2 Å². The number of azo groups is 3. The molecule has 0 fully saturated rings. The van der Waals surface area contributed by atoms with Crippen molar-refractivity contribution >= 4 is 129 Å². The lowest BCUT2D eigenvalue weighted by molar-refractivity contribution is -0.385. The Labute approximate surface area is 393 Å². The fourth-order valence-electron chi connectivity index (χ4n) is 5.74. The van der Waals surface area contributed by atoms with Crippen molar-refractivity contribution in [3.63, 3.8) is 0 Å². The van der Waals surface area contributed by atoms with Crippen molar-refractivity contribution in [3.8, 4) is 17.2 Å². The van der Waals surface area contributed by atoms with E-state index in [1.807, 2.05) is 0 Å². The molecule has 70 heavy (non-hydrogen) atoms. The second-order valence-corrected chi connectivity index (χ2v) is 19.1. The lowest BCUT2D eigenvalue weighted by atomic mass is 10.1. The SMILES string of the molecule is COc1ccc(N=Nc2c(S(=O)(=O)O)cc3c(S(=O)(=O)O)c(N=Nc4c(S(=O)(=O)O)cc5ccc(N=Nc6ccc([N+](=O)[O-])cc6S(=O)(=O)O)c(O)c5c4N)ccc3c2O)cc1.O=S(=O)=O.O=S(=O)=O. The predicted molar refractivity (Wildman–Crippen MR) is 233 cm³/mol. The molecule has 0 aliphatic carbocycles. The summed E-state index contributed by atoms with van der Waals surface area (Å²) in [6.07, 6.45) is 0. The van der Waals surface area contributed by atoms with Gasteiger partial charge in [-0.15, -0.1) is 50.8 Å². The van der Waals surface area contributed by atoms with Crippen LogP contribution in [-0.2, 0) is 61.7 Å². The number of non-ortho nitro benzene ring substituents is 1. The van der Waals surface area contributed by atoms with E-state index >= 15 is 0 Å². The second-order valence-electron chi connectivity index (χ2n) is 12.8. The molecule has 6 aromatic rings. The number of phenols is 2. The molecule has 0 aliphatic heterocycles. The molecule has 370 valence electrons. The van der Waals surface area contributed by atoms with Crippen LogP contribution in [0.5, 0.6) is 17.2 Å². The van der Waals surface area contributed by atoms with E-state index < -0.39 is 154 Å². The molecule has 0 heterocycles. The number of nitro benzene ring substituents is 1. The fraction of sp³-hybridized carbons (Fsp3) is 0.0303. The number of methoxy groups -OCH3 is 1. The molecule has 6 rings (SSSR count). The Morgan fingerprint density at radius 1 is 0.557 bits per heavy atom. The molecular formula is C33H24N8O23S6. The largest absolute Gasteiger partial charge is 0.505 e. The van der Waals surface area contributed by atoms with E-state index in [9.17, 15) is 72.2 Å². The first-order valence-electron chi connectivity index (χ1n) is 17.3. The summed E-state index contributed by atoms with van der Waals surface area (Å²) in [4.78, 5) is 5.63. The highest BCUT2D eigenvalue weighted by molar-refractivity contribution is 7.87. The Balaban J connectivity index is 0.00000124. The fourth-order valence-corrected chi connectivity index (χ4v) is 8.52. The number of nitrogens with zero attached hydrogens (tertiary/aromatic N) is 7. The Hall–Kier alpha value is -7.88. The number of anilines is 1. The third-order valence-corrected chi connectivity index (χ3v) is 12.1. The van der Waals surface area contributed by atoms with E-state index in [0.29, 0.717) is 17.9 Å². The summed E-state index contributed by atoms with van der Waals surface area (Å²) >= 11 is 0. The molecule has 31 nitrogen and oxygen atoms in total. The van der Waals surface area contributed by atoms with Crippen molar-refractivity contribution in [1.82, 2.24) is 0 Å². The van der Waals surface area contributed by atoms with Crippen LogP contribution in [0.1, 0.15) is 0 Å². The number of aromatic hydroxyl groups is 2. The van der Waals surface area contributed by atoms with Gasteiger partial charge in [0.2, 0.25) is 0 Å². The van der Waals surface area contributed by atoms with Crippen molar-refractivity contribution in [2.45, 2.75) is 19.6 Å². The van der Waals surface area contributed by atoms with Crippen LogP contribution in [0.2, 0.25) is 0 Å². The molecule has 0 unspecified atom stereocenters. The molecule has 8 N–H and O–H groups in total. The number of nitro groups is 1. The summed E-state index contributed by atoms with van der Waals surface area (Å²) < 4.78 is 195. The van der Waals surface area contributed by atoms with Gasteiger partial charge in [0.25, 0.3) is 46.2 Å². The summed E-state index contributed by atoms with van der Waals surface area (Å²) in [6.45, 7) is 0. The Morgan fingerprint density at radius 3 is 1.56 bits per heavy atom. The highest BCUT2D eigenvalue weighted by Crippen LogP contribution is 2.48. The lowest BCUT2D eigenvalue weighted by Crippen LogP contribution is -2.03. The topological polar surface area (TPSA) is 513 Å². The number of rotatable bonds is 12. The Bertz CT molecular complexity index is 3910. The van der Waals surface area contributed by atoms with Gasteiger partial charge in [-0.25, -0.2) is 0 Å². The molecule has 0 saturated heterocycles. The second kappa shape index (κ2) is 21.2. The molecule has 0 saturated carbocycles. The van der Waals surface area contributed by atoms with Crippen molar-refractivity contribution in [2.75, 3.05) is 12.8 Å². The van der Waals surface area contributed by atoms with Gasteiger partial charge in [0.05, 0.1) is 28.8 Å². The number of hydrogen-bond donors (Lipinski definition) is 7. The Kier molecular flexibility index (Phi) is 16.6. The molecule has 0 bridgehead atoms. The summed E-state index contributed by atoms with van der Waals surface area (Å²) in [5.41, 5.74) is 0.985. The first-order valence-corrected chi connectivity index (χ1v) is 25.1. The third-order valence-electron chi connectivity index (χ3n) is 8.50. The van der Waals surface area contributed by atoms with Gasteiger partial charge in [0.1, 0.15) is 53.8 Å². The van der Waals surface area contributed by atoms with Crippen LogP contribution >= 0.6 is 0 Å². The van der Waals surface area contributed by atoms with Gasteiger partial charge in [-0.3, -0.25) is 28.3 Å². The highest BCUT2D eigenvalue weighted by Gasteiger charge is 2.29. The van der Waals surface area contributed by atoms with Gasteiger partial charge in [0.15, 0.2) is 11.5 Å². The monoisotopic (exact) mass is 1090 g/mol. The van der Waals surface area contributed by atoms with Gasteiger partial charge in [0, 0.05) is 22.9 Å². The average molecular weight is 1090 g/mol. The van der Waals surface area contributed by atoms with Crippen LogP contribution in [0, 0.1) is 10.1 Å². The minimum Gasteiger partial charge on any atom is -0.505 e. The van der Waals surface area contributed by atoms with E-state index in [0.717, 1.165) is 42.5 Å². The molecule has 0 radical (unpaired) electrons. The van der Waals surface area contributed by atoms with E-state index in [2.05, 4.69) is 30.7 Å². The van der Waals surface area contributed by atoms with E-state index in [4.69, 9.17) is 35.7 Å². The number of nitrogen functional groups attached to an aromatic ring is 1. The van der Waals surface area contributed by atoms with Crippen molar-refractivity contribution in [3.05, 3.63) is 89.0 Å². The number of fused-ring (bicyclic) bond motifs is 2. The van der Waals surface area contributed by atoms with Crippen LogP contribution < -0.4 is 10.5 Å². The first-order chi connectivity index (χ1) is 32.3. The first kappa shape index (κ1) is 54.7. The molecule has 37 heteroatoms. The van der Waals surface area contributed by atoms with E-state index in [-0.39, 0.29) is 11.1 Å². The summed E-state index contributed by atoms with van der Waals surface area (Å²) in [7, 11) is -26.1. The maximum absolute atomic E-state index is 12.9. The third kappa shape index (κ3) is 13.2. The molecule has 0 aliphatic rings. The van der Waals surface area contributed by atoms with Crippen LogP contribution in [0.15, 0.2) is 129 Å². The zero-order valence-corrected chi connectivity index (χ0v) is 38.7. The number of ether oxygens (including phenoxy) is 1. The van der Waals surface area contributed by atoms with Crippen molar-refractivity contribution in [1.29, 1.82) is 0 Å². The normalized spacial score (nSPS) is 12.1. The van der Waals surface area contributed by atoms with E-state index in [1.54, 1.807) is 0 Å². The predicted octanol–water partition coefficient (Wildman–Crippen LogP) is 5.13. The van der Waals surface area contributed by atoms with Crippen LogP contribution in [-0.4, -0.2) is 99.4 Å². The zero-order valence-electron chi connectivity index (χ0n) is 33.8. The van der Waals surface area contributed by atoms with Crippen molar-refractivity contribution < 1.29 is 97.0 Å². The molecule has 0 atom stereocenters. The maximum atomic E-state index is 12.9. The van der Waals surface area contributed by atoms with Gasteiger partial charge in [-0.05, 0) is 66.0 Å². The summed E-state index contributed by atoms with van der Waals surface area (Å²) in [6, 6.07) is 13.0. The van der Waals surface area contributed by atoms with Crippen molar-refractivity contribution in [2.24, 2.45) is 30.7 Å². The minimum absolute atomic E-state index is 0.114. The van der Waals surface area contributed by atoms with E-state index in [1.165, 1.54) is 31.4 Å². The highest BCUT2D eigenvalue weighted by atomic mass is 32.2. The number of benzene rings is 6. The van der Waals surface area contributed by atoms with Gasteiger partial charge in [-0.2, -0.15) is 38.8 Å². The quantitative estimate of drug-likeness (QED) is 0.0274.